The van der Waals surface area contributed by atoms with E-state index in [2.05, 4.69) is 0 Å². The minimum absolute atomic E-state index is 0.222. The van der Waals surface area contributed by atoms with E-state index in [-0.39, 0.29) is 5.92 Å². The lowest BCUT2D eigenvalue weighted by Gasteiger charge is -2.22. The summed E-state index contributed by atoms with van der Waals surface area (Å²) in [5.74, 6) is 0.222. The van der Waals surface area contributed by atoms with Crippen LogP contribution in [0, 0.1) is 5.92 Å². The summed E-state index contributed by atoms with van der Waals surface area (Å²) in [6, 6.07) is 0. The molecule has 0 aromatic heterocycles. The van der Waals surface area contributed by atoms with Gasteiger partial charge in [-0.05, 0) is 18.8 Å². The molecule has 1 aliphatic carbocycles. The van der Waals surface area contributed by atoms with E-state index in [0.717, 1.165) is 25.7 Å². The first-order valence-electron chi connectivity index (χ1n) is 3.84. The summed E-state index contributed by atoms with van der Waals surface area (Å²) >= 11 is 0. The van der Waals surface area contributed by atoms with Crippen LogP contribution in [0.15, 0.2) is 0 Å². The zero-order valence-corrected chi connectivity index (χ0v) is 6.28. The molecule has 0 atom stereocenters. The van der Waals surface area contributed by atoms with Gasteiger partial charge in [0.15, 0.2) is 0 Å². The third-order valence-corrected chi connectivity index (χ3v) is 2.47. The van der Waals surface area contributed by atoms with Crippen LogP contribution < -0.4 is 0 Å². The number of hydrogen-bond donors (Lipinski definition) is 0. The zero-order chi connectivity index (χ0) is 6.91. The first-order valence-corrected chi connectivity index (χ1v) is 3.84. The van der Waals surface area contributed by atoms with Gasteiger partial charge in [-0.25, -0.2) is 4.39 Å². The Bertz CT molecular complexity index is 90.7. The van der Waals surface area contributed by atoms with Gasteiger partial charge in [0.25, 0.3) is 0 Å². The van der Waals surface area contributed by atoms with Gasteiger partial charge in [0.1, 0.15) is 5.67 Å². The fourth-order valence-electron chi connectivity index (χ4n) is 1.54. The fourth-order valence-corrected chi connectivity index (χ4v) is 1.54. The molecule has 0 aromatic carbocycles. The Kier molecular flexibility index (Phi) is 1.78. The molecular formula is C8H15F. The van der Waals surface area contributed by atoms with Crippen LogP contribution in [0.25, 0.3) is 0 Å². The van der Waals surface area contributed by atoms with Crippen LogP contribution in [-0.2, 0) is 0 Å². The molecule has 1 heteroatoms. The minimum Gasteiger partial charge on any atom is -0.244 e. The zero-order valence-electron chi connectivity index (χ0n) is 6.28. The molecule has 0 unspecified atom stereocenters. The van der Waals surface area contributed by atoms with Crippen molar-refractivity contribution in [1.29, 1.82) is 0 Å². The number of halogens is 1. The predicted molar refractivity (Wildman–Crippen MR) is 37.1 cm³/mol. The van der Waals surface area contributed by atoms with E-state index in [0.29, 0.717) is 0 Å². The van der Waals surface area contributed by atoms with E-state index in [1.54, 1.807) is 0 Å². The second-order valence-electron chi connectivity index (χ2n) is 3.40. The van der Waals surface area contributed by atoms with Gasteiger partial charge in [0.05, 0.1) is 0 Å². The monoisotopic (exact) mass is 130 g/mol. The minimum atomic E-state index is -0.806. The summed E-state index contributed by atoms with van der Waals surface area (Å²) < 4.78 is 13.4. The maximum absolute atomic E-state index is 13.4. The average molecular weight is 130 g/mol. The number of alkyl halides is 1. The Morgan fingerprint density at radius 2 is 1.67 bits per heavy atom. The quantitative estimate of drug-likeness (QED) is 0.512. The van der Waals surface area contributed by atoms with Gasteiger partial charge in [-0.15, -0.1) is 0 Å². The molecule has 1 rings (SSSR count). The second kappa shape index (κ2) is 2.28. The molecule has 0 heterocycles. The average Bonchev–Trinajstić information content (AvgIpc) is 2.16. The van der Waals surface area contributed by atoms with Crippen molar-refractivity contribution in [3.8, 4) is 0 Å². The normalized spacial score (nSPS) is 25.3. The van der Waals surface area contributed by atoms with E-state index in [9.17, 15) is 4.39 Å². The molecule has 0 saturated heterocycles. The second-order valence-corrected chi connectivity index (χ2v) is 3.40. The lowest BCUT2D eigenvalue weighted by molar-refractivity contribution is 0.109. The van der Waals surface area contributed by atoms with Gasteiger partial charge < -0.3 is 0 Å². The van der Waals surface area contributed by atoms with E-state index >= 15 is 0 Å². The Balaban J connectivity index is 2.51. The Labute approximate surface area is 56.5 Å². The van der Waals surface area contributed by atoms with Gasteiger partial charge in [-0.3, -0.25) is 0 Å². The molecule has 0 radical (unpaired) electrons. The van der Waals surface area contributed by atoms with Gasteiger partial charge in [0.2, 0.25) is 0 Å². The largest absolute Gasteiger partial charge is 0.244 e. The molecule has 0 bridgehead atoms. The third kappa shape index (κ3) is 1.25. The molecule has 0 aliphatic heterocycles. The first-order chi connectivity index (χ1) is 4.15. The SMILES string of the molecule is CC(C)C1(F)CCCC1. The predicted octanol–water partition coefficient (Wildman–Crippen LogP) is 2.92. The van der Waals surface area contributed by atoms with Crippen molar-refractivity contribution in [2.75, 3.05) is 0 Å². The maximum Gasteiger partial charge on any atom is 0.113 e. The molecule has 1 fully saturated rings. The summed E-state index contributed by atoms with van der Waals surface area (Å²) in [4.78, 5) is 0. The van der Waals surface area contributed by atoms with Crippen LogP contribution >= 0.6 is 0 Å². The highest BCUT2D eigenvalue weighted by atomic mass is 19.1. The van der Waals surface area contributed by atoms with Gasteiger partial charge in [-0.2, -0.15) is 0 Å². The van der Waals surface area contributed by atoms with Gasteiger partial charge in [0, 0.05) is 0 Å². The van der Waals surface area contributed by atoms with Crippen LogP contribution in [0.2, 0.25) is 0 Å². The molecule has 1 aliphatic rings. The molecule has 0 spiro atoms. The third-order valence-electron chi connectivity index (χ3n) is 2.47. The number of rotatable bonds is 1. The van der Waals surface area contributed by atoms with Crippen LogP contribution in [0.5, 0.6) is 0 Å². The lowest BCUT2D eigenvalue weighted by atomic mass is 9.91. The van der Waals surface area contributed by atoms with Crippen molar-refractivity contribution in [3.63, 3.8) is 0 Å². The van der Waals surface area contributed by atoms with Crippen molar-refractivity contribution in [2.45, 2.75) is 45.2 Å². The van der Waals surface area contributed by atoms with Crippen LogP contribution in [0.4, 0.5) is 4.39 Å². The molecular weight excluding hydrogens is 115 g/mol. The first kappa shape index (κ1) is 7.04. The smallest absolute Gasteiger partial charge is 0.113 e. The molecule has 0 amide bonds. The summed E-state index contributed by atoms with van der Waals surface area (Å²) in [5, 5.41) is 0. The molecule has 9 heavy (non-hydrogen) atoms. The fraction of sp³-hybridized carbons (Fsp3) is 1.00. The van der Waals surface area contributed by atoms with E-state index < -0.39 is 5.67 Å². The number of hydrogen-bond acceptors (Lipinski definition) is 0. The van der Waals surface area contributed by atoms with Gasteiger partial charge in [-0.1, -0.05) is 26.7 Å². The lowest BCUT2D eigenvalue weighted by Crippen LogP contribution is -2.24. The van der Waals surface area contributed by atoms with Crippen LogP contribution in [0.3, 0.4) is 0 Å². The summed E-state index contributed by atoms with van der Waals surface area (Å²) in [5.41, 5.74) is -0.806. The summed E-state index contributed by atoms with van der Waals surface area (Å²) in [6.07, 6.45) is 3.78. The highest BCUT2D eigenvalue weighted by Gasteiger charge is 2.36. The van der Waals surface area contributed by atoms with E-state index in [1.165, 1.54) is 0 Å². The Morgan fingerprint density at radius 1 is 1.22 bits per heavy atom. The van der Waals surface area contributed by atoms with E-state index in [4.69, 9.17) is 0 Å². The van der Waals surface area contributed by atoms with Crippen molar-refractivity contribution >= 4 is 0 Å². The topological polar surface area (TPSA) is 0 Å². The van der Waals surface area contributed by atoms with Crippen molar-refractivity contribution < 1.29 is 4.39 Å². The Hall–Kier alpha value is -0.0700. The van der Waals surface area contributed by atoms with Gasteiger partial charge >= 0.3 is 0 Å². The van der Waals surface area contributed by atoms with Crippen molar-refractivity contribution in [3.05, 3.63) is 0 Å². The Morgan fingerprint density at radius 3 is 1.89 bits per heavy atom. The van der Waals surface area contributed by atoms with Crippen molar-refractivity contribution in [2.24, 2.45) is 5.92 Å². The van der Waals surface area contributed by atoms with Crippen molar-refractivity contribution in [1.82, 2.24) is 0 Å². The van der Waals surface area contributed by atoms with Crippen LogP contribution in [0.1, 0.15) is 39.5 Å². The van der Waals surface area contributed by atoms with E-state index in [1.807, 2.05) is 13.8 Å². The summed E-state index contributed by atoms with van der Waals surface area (Å²) in [6.45, 7) is 3.96. The molecule has 0 N–H and O–H groups in total. The molecule has 1 saturated carbocycles. The van der Waals surface area contributed by atoms with Crippen LogP contribution in [-0.4, -0.2) is 5.67 Å². The summed E-state index contributed by atoms with van der Waals surface area (Å²) in [7, 11) is 0. The highest BCUT2D eigenvalue weighted by Crippen LogP contribution is 2.38. The molecule has 54 valence electrons. The standard InChI is InChI=1S/C8H15F/c1-7(2)8(9)5-3-4-6-8/h7H,3-6H2,1-2H3. The molecule has 0 aromatic rings. The highest BCUT2D eigenvalue weighted by molar-refractivity contribution is 4.87. The maximum atomic E-state index is 13.4. The molecule has 0 nitrogen and oxygen atoms in total.